The number of H-pyrrole nitrogens is 1. The van der Waals surface area contributed by atoms with Gasteiger partial charge in [-0.3, -0.25) is 9.80 Å². The molecular weight excluding hydrogens is 444 g/mol. The summed E-state index contributed by atoms with van der Waals surface area (Å²) >= 11 is 0. The highest BCUT2D eigenvalue weighted by Crippen LogP contribution is 2.40. The minimum absolute atomic E-state index is 0.180. The molecule has 0 spiro atoms. The zero-order valence-corrected chi connectivity index (χ0v) is 21.0. The first-order valence-corrected chi connectivity index (χ1v) is 11.7. The van der Waals surface area contributed by atoms with E-state index in [0.717, 1.165) is 17.0 Å². The number of aromatic amines is 1. The second kappa shape index (κ2) is 11.8. The van der Waals surface area contributed by atoms with Crippen LogP contribution in [0.5, 0.6) is 11.5 Å². The van der Waals surface area contributed by atoms with Crippen molar-refractivity contribution < 1.29 is 14.3 Å². The lowest BCUT2D eigenvalue weighted by molar-refractivity contribution is 0.231. The highest BCUT2D eigenvalue weighted by molar-refractivity contribution is 6.18. The Morgan fingerprint density at radius 1 is 0.914 bits per heavy atom. The number of amidine groups is 1. The Hall–Kier alpha value is -4.14. The molecule has 2 aliphatic rings. The fourth-order valence-electron chi connectivity index (χ4n) is 3.81. The SMILES string of the molecule is CC.CC.COc1ccc(CN2C(=O)N(c3ccc(OC)cc3)C3C2=NC=Nc2nc[nH]c23)cc1. The molecule has 1 unspecified atom stereocenters. The number of nitrogens with one attached hydrogen (secondary N) is 1. The van der Waals surface area contributed by atoms with Crippen LogP contribution >= 0.6 is 0 Å². The minimum atomic E-state index is -0.473. The number of rotatable bonds is 5. The van der Waals surface area contributed by atoms with Crippen molar-refractivity contribution in [3.05, 3.63) is 66.1 Å². The third-order valence-electron chi connectivity index (χ3n) is 5.36. The van der Waals surface area contributed by atoms with Gasteiger partial charge in [0.15, 0.2) is 5.82 Å². The van der Waals surface area contributed by atoms with Gasteiger partial charge in [0.2, 0.25) is 0 Å². The number of aromatic nitrogens is 2. The number of hydrogen-bond donors (Lipinski definition) is 1. The van der Waals surface area contributed by atoms with Gasteiger partial charge in [-0.15, -0.1) is 0 Å². The Morgan fingerprint density at radius 3 is 2.11 bits per heavy atom. The van der Waals surface area contributed by atoms with Crippen LogP contribution in [0.4, 0.5) is 16.3 Å². The molecule has 1 aromatic heterocycles. The van der Waals surface area contributed by atoms with Gasteiger partial charge in [-0.25, -0.2) is 19.8 Å². The summed E-state index contributed by atoms with van der Waals surface area (Å²) in [7, 11) is 3.23. The highest BCUT2D eigenvalue weighted by Gasteiger charge is 2.47. The van der Waals surface area contributed by atoms with E-state index in [1.165, 1.54) is 6.34 Å². The van der Waals surface area contributed by atoms with Crippen molar-refractivity contribution in [1.29, 1.82) is 0 Å². The quantitative estimate of drug-likeness (QED) is 0.508. The lowest BCUT2D eigenvalue weighted by Gasteiger charge is -2.22. The number of amides is 2. The molecule has 9 nitrogen and oxygen atoms in total. The lowest BCUT2D eigenvalue weighted by Crippen LogP contribution is -2.33. The standard InChI is InChI=1S/C22H20N6O3.2C2H6/c1-30-16-7-3-14(4-8-16)11-27-21-19(18-20(24-12-23-18)25-13-26-21)28(22(27)29)15-5-9-17(31-2)10-6-15;2*1-2/h3-10,12-13,19H,11H2,1-2H3,(H,23,24);2*1-2H3. The largest absolute Gasteiger partial charge is 0.497 e. The van der Waals surface area contributed by atoms with Crippen LogP contribution in [0.15, 0.2) is 64.8 Å². The Kier molecular flexibility index (Phi) is 8.61. The van der Waals surface area contributed by atoms with E-state index >= 15 is 0 Å². The van der Waals surface area contributed by atoms with Gasteiger partial charge in [0, 0.05) is 5.69 Å². The van der Waals surface area contributed by atoms with Gasteiger partial charge in [-0.05, 0) is 42.0 Å². The van der Waals surface area contributed by atoms with E-state index in [0.29, 0.717) is 29.6 Å². The van der Waals surface area contributed by atoms with E-state index in [-0.39, 0.29) is 6.03 Å². The monoisotopic (exact) mass is 476 g/mol. The van der Waals surface area contributed by atoms with Gasteiger partial charge in [0.25, 0.3) is 0 Å². The number of benzene rings is 2. The molecule has 35 heavy (non-hydrogen) atoms. The molecule has 0 radical (unpaired) electrons. The van der Waals surface area contributed by atoms with Crippen molar-refractivity contribution in [3.63, 3.8) is 0 Å². The van der Waals surface area contributed by atoms with Crippen molar-refractivity contribution in [3.8, 4) is 11.5 Å². The summed E-state index contributed by atoms with van der Waals surface area (Å²) in [5.74, 6) is 2.57. The number of carbonyl (C=O) groups excluding carboxylic acids is 1. The second-order valence-corrected chi connectivity index (χ2v) is 7.06. The molecule has 0 saturated carbocycles. The Bertz CT molecular complexity index is 1170. The first-order chi connectivity index (χ1) is 17.2. The Labute approximate surface area is 206 Å². The van der Waals surface area contributed by atoms with Gasteiger partial charge >= 0.3 is 6.03 Å². The van der Waals surface area contributed by atoms with Gasteiger partial charge in [0.05, 0.1) is 32.8 Å². The molecule has 1 atom stereocenters. The van der Waals surface area contributed by atoms with E-state index in [1.54, 1.807) is 30.3 Å². The summed E-state index contributed by atoms with van der Waals surface area (Å²) in [6.07, 6.45) is 3.02. The van der Waals surface area contributed by atoms with Crippen LogP contribution in [-0.4, -0.2) is 47.3 Å². The first-order valence-electron chi connectivity index (χ1n) is 11.7. The number of methoxy groups -OCH3 is 2. The molecule has 9 heteroatoms. The average Bonchev–Trinajstić information content (AvgIpc) is 3.44. The topological polar surface area (TPSA) is 95.4 Å². The van der Waals surface area contributed by atoms with Crippen LogP contribution in [0, 0.1) is 0 Å². The van der Waals surface area contributed by atoms with Crippen molar-refractivity contribution in [2.45, 2.75) is 40.3 Å². The van der Waals surface area contributed by atoms with E-state index in [1.807, 2.05) is 76.2 Å². The van der Waals surface area contributed by atoms with Crippen molar-refractivity contribution >= 4 is 29.7 Å². The zero-order valence-electron chi connectivity index (χ0n) is 21.0. The molecule has 5 rings (SSSR count). The number of nitrogens with zero attached hydrogens (tertiary/aromatic N) is 5. The van der Waals surface area contributed by atoms with Gasteiger partial charge < -0.3 is 14.5 Å². The fraction of sp³-hybridized carbons (Fsp3) is 0.308. The number of hydrogen-bond acceptors (Lipinski definition) is 6. The molecule has 0 bridgehead atoms. The molecule has 1 saturated heterocycles. The zero-order chi connectivity index (χ0) is 25.4. The molecule has 184 valence electrons. The molecule has 1 N–H and O–H groups in total. The lowest BCUT2D eigenvalue weighted by atomic mass is 10.1. The number of fused-ring (bicyclic) bond motifs is 3. The summed E-state index contributed by atoms with van der Waals surface area (Å²) in [5.41, 5.74) is 2.40. The minimum Gasteiger partial charge on any atom is -0.497 e. The van der Waals surface area contributed by atoms with Crippen LogP contribution in [0.1, 0.15) is 45.0 Å². The van der Waals surface area contributed by atoms with E-state index in [4.69, 9.17) is 9.47 Å². The summed E-state index contributed by atoms with van der Waals surface area (Å²) in [6.45, 7) is 8.36. The molecule has 0 aliphatic carbocycles. The Morgan fingerprint density at radius 2 is 1.51 bits per heavy atom. The summed E-state index contributed by atoms with van der Waals surface area (Å²) < 4.78 is 10.5. The van der Waals surface area contributed by atoms with Crippen LogP contribution in [0.25, 0.3) is 0 Å². The van der Waals surface area contributed by atoms with Crippen LogP contribution < -0.4 is 14.4 Å². The van der Waals surface area contributed by atoms with E-state index in [9.17, 15) is 4.79 Å². The third-order valence-corrected chi connectivity index (χ3v) is 5.36. The number of anilines is 1. The normalized spacial score (nSPS) is 15.5. The summed E-state index contributed by atoms with van der Waals surface area (Å²) in [4.78, 5) is 33.3. The first kappa shape index (κ1) is 25.5. The van der Waals surface area contributed by atoms with Crippen LogP contribution in [-0.2, 0) is 6.54 Å². The van der Waals surface area contributed by atoms with Crippen LogP contribution in [0.2, 0.25) is 0 Å². The van der Waals surface area contributed by atoms with Gasteiger partial charge in [0.1, 0.15) is 29.7 Å². The third kappa shape index (κ3) is 5.03. The fourth-order valence-corrected chi connectivity index (χ4v) is 3.81. The molecule has 1 fully saturated rings. The number of carbonyl (C=O) groups is 1. The number of urea groups is 1. The number of imidazole rings is 1. The van der Waals surface area contributed by atoms with Gasteiger partial charge in [-0.1, -0.05) is 39.8 Å². The van der Waals surface area contributed by atoms with Crippen molar-refractivity contribution in [1.82, 2.24) is 14.9 Å². The predicted octanol–water partition coefficient (Wildman–Crippen LogP) is 5.73. The smallest absolute Gasteiger partial charge is 0.331 e. The summed E-state index contributed by atoms with van der Waals surface area (Å²) in [6, 6.07) is 14.3. The van der Waals surface area contributed by atoms with E-state index < -0.39 is 6.04 Å². The maximum absolute atomic E-state index is 13.6. The highest BCUT2D eigenvalue weighted by atomic mass is 16.5. The van der Waals surface area contributed by atoms with Crippen LogP contribution in [0.3, 0.4) is 0 Å². The summed E-state index contributed by atoms with van der Waals surface area (Å²) in [5, 5.41) is 0. The van der Waals surface area contributed by atoms with Crippen molar-refractivity contribution in [2.75, 3.05) is 19.1 Å². The number of aliphatic imine (C=N–C) groups is 2. The molecule has 3 aromatic rings. The molecule has 2 aromatic carbocycles. The molecule has 2 aliphatic heterocycles. The average molecular weight is 477 g/mol. The molecular formula is C26H32N6O3. The molecule has 3 heterocycles. The maximum Gasteiger partial charge on any atom is 0.331 e. The second-order valence-electron chi connectivity index (χ2n) is 7.06. The predicted molar refractivity (Wildman–Crippen MR) is 139 cm³/mol. The van der Waals surface area contributed by atoms with Gasteiger partial charge in [-0.2, -0.15) is 0 Å². The Balaban J connectivity index is 0.000000815. The maximum atomic E-state index is 13.6. The van der Waals surface area contributed by atoms with E-state index in [2.05, 4.69) is 20.0 Å². The van der Waals surface area contributed by atoms with Crippen molar-refractivity contribution in [2.24, 2.45) is 9.98 Å². The number of ether oxygens (including phenoxy) is 2. The molecule has 2 amide bonds.